The van der Waals surface area contributed by atoms with Gasteiger partial charge in [-0.1, -0.05) is 6.07 Å². The van der Waals surface area contributed by atoms with E-state index in [1.807, 2.05) is 24.0 Å². The minimum atomic E-state index is 0.0119. The third-order valence-corrected chi connectivity index (χ3v) is 4.88. The van der Waals surface area contributed by atoms with E-state index in [9.17, 15) is 4.79 Å². The number of carbonyl (C=O) groups is 1. The fraction of sp³-hybridized carbons (Fsp3) is 0.500. The summed E-state index contributed by atoms with van der Waals surface area (Å²) in [5.41, 5.74) is 2.88. The Morgan fingerprint density at radius 1 is 1.33 bits per heavy atom. The van der Waals surface area contributed by atoms with Gasteiger partial charge < -0.3 is 10.2 Å². The number of rotatable bonds is 2. The molecule has 1 atom stereocenters. The van der Waals surface area contributed by atoms with Gasteiger partial charge in [0.2, 0.25) is 0 Å². The van der Waals surface area contributed by atoms with Crippen LogP contribution >= 0.6 is 0 Å². The van der Waals surface area contributed by atoms with E-state index >= 15 is 0 Å². The zero-order chi connectivity index (χ0) is 14.4. The highest BCUT2D eigenvalue weighted by molar-refractivity contribution is 6.00. The van der Waals surface area contributed by atoms with Crippen molar-refractivity contribution < 1.29 is 4.79 Å². The molecule has 0 radical (unpaired) electrons. The number of benzene rings is 1. The van der Waals surface area contributed by atoms with E-state index in [-0.39, 0.29) is 6.03 Å². The number of nitrogens with zero attached hydrogens (tertiary/aromatic N) is 2. The van der Waals surface area contributed by atoms with Crippen LogP contribution in [-0.4, -0.2) is 34.2 Å². The molecule has 1 unspecified atom stereocenters. The van der Waals surface area contributed by atoms with Gasteiger partial charge in [0.1, 0.15) is 0 Å². The summed E-state index contributed by atoms with van der Waals surface area (Å²) in [5, 5.41) is 11.2. The number of aromatic nitrogens is 2. The minimum absolute atomic E-state index is 0.0119. The van der Waals surface area contributed by atoms with Crippen LogP contribution < -0.4 is 5.32 Å². The molecule has 1 aliphatic heterocycles. The first-order chi connectivity index (χ1) is 10.2. The van der Waals surface area contributed by atoms with Crippen LogP contribution in [0.25, 0.3) is 10.9 Å². The van der Waals surface area contributed by atoms with Crippen molar-refractivity contribution in [3.05, 3.63) is 23.9 Å². The van der Waals surface area contributed by atoms with Crippen LogP contribution in [-0.2, 0) is 0 Å². The van der Waals surface area contributed by atoms with Crippen LogP contribution in [0, 0.1) is 18.8 Å². The molecule has 4 rings (SSSR count). The highest BCUT2D eigenvalue weighted by Gasteiger charge is 2.37. The maximum Gasteiger partial charge on any atom is 0.321 e. The number of hydrogen-bond acceptors (Lipinski definition) is 2. The molecule has 110 valence electrons. The van der Waals surface area contributed by atoms with Crippen molar-refractivity contribution in [1.82, 2.24) is 15.1 Å². The SMILES string of the molecule is Cc1ccc(NC(=O)N2CCC(C3CC3)C2)c2[nH]ncc12. The quantitative estimate of drug-likeness (QED) is 0.890. The lowest BCUT2D eigenvalue weighted by Gasteiger charge is -2.18. The van der Waals surface area contributed by atoms with Gasteiger partial charge in [-0.25, -0.2) is 4.79 Å². The van der Waals surface area contributed by atoms with Gasteiger partial charge in [-0.3, -0.25) is 5.10 Å². The lowest BCUT2D eigenvalue weighted by atomic mass is 10.0. The number of aromatic amines is 1. The summed E-state index contributed by atoms with van der Waals surface area (Å²) in [5.74, 6) is 1.60. The number of amides is 2. The van der Waals surface area contributed by atoms with Gasteiger partial charge in [0.15, 0.2) is 0 Å². The number of fused-ring (bicyclic) bond motifs is 1. The van der Waals surface area contributed by atoms with E-state index in [1.165, 1.54) is 12.8 Å². The summed E-state index contributed by atoms with van der Waals surface area (Å²) in [4.78, 5) is 14.4. The molecule has 2 fully saturated rings. The molecular formula is C16H20N4O. The Balaban J connectivity index is 1.50. The summed E-state index contributed by atoms with van der Waals surface area (Å²) in [7, 11) is 0. The van der Waals surface area contributed by atoms with Gasteiger partial charge in [-0.2, -0.15) is 5.10 Å². The van der Waals surface area contributed by atoms with E-state index in [1.54, 1.807) is 6.20 Å². The van der Waals surface area contributed by atoms with Gasteiger partial charge in [0, 0.05) is 18.5 Å². The molecule has 2 heterocycles. The van der Waals surface area contributed by atoms with Crippen molar-refractivity contribution in [1.29, 1.82) is 0 Å². The number of hydrogen-bond donors (Lipinski definition) is 2. The highest BCUT2D eigenvalue weighted by Crippen LogP contribution is 2.41. The second-order valence-corrected chi connectivity index (χ2v) is 6.35. The highest BCUT2D eigenvalue weighted by atomic mass is 16.2. The number of H-pyrrole nitrogens is 1. The molecule has 5 heteroatoms. The van der Waals surface area contributed by atoms with Crippen molar-refractivity contribution in [2.75, 3.05) is 18.4 Å². The number of carbonyl (C=O) groups excluding carboxylic acids is 1. The fourth-order valence-corrected chi connectivity index (χ4v) is 3.39. The molecule has 21 heavy (non-hydrogen) atoms. The van der Waals surface area contributed by atoms with E-state index in [0.29, 0.717) is 0 Å². The molecule has 1 saturated heterocycles. The molecule has 1 saturated carbocycles. The summed E-state index contributed by atoms with van der Waals surface area (Å²) in [6.07, 6.45) is 5.67. The van der Waals surface area contributed by atoms with Gasteiger partial charge in [-0.15, -0.1) is 0 Å². The Bertz CT molecular complexity index is 689. The minimum Gasteiger partial charge on any atom is -0.324 e. The average Bonchev–Trinajstić information content (AvgIpc) is 3.03. The summed E-state index contributed by atoms with van der Waals surface area (Å²) >= 11 is 0. The normalized spacial score (nSPS) is 22.0. The summed E-state index contributed by atoms with van der Waals surface area (Å²) < 4.78 is 0. The standard InChI is InChI=1S/C16H20N4O/c1-10-2-5-14(15-13(10)8-17-19-15)18-16(21)20-7-6-12(9-20)11-3-4-11/h2,5,8,11-12H,3-4,6-7,9H2,1H3,(H,17,19)(H,18,21). The lowest BCUT2D eigenvalue weighted by Crippen LogP contribution is -2.33. The Kier molecular flexibility index (Phi) is 2.87. The Hall–Kier alpha value is -2.04. The Morgan fingerprint density at radius 2 is 2.19 bits per heavy atom. The lowest BCUT2D eigenvalue weighted by molar-refractivity contribution is 0.220. The molecule has 1 aliphatic carbocycles. The number of likely N-dealkylation sites (tertiary alicyclic amines) is 1. The smallest absolute Gasteiger partial charge is 0.321 e. The van der Waals surface area contributed by atoms with Gasteiger partial charge in [0.05, 0.1) is 17.4 Å². The Labute approximate surface area is 123 Å². The van der Waals surface area contributed by atoms with E-state index in [4.69, 9.17) is 0 Å². The van der Waals surface area contributed by atoms with Crippen LogP contribution in [0.1, 0.15) is 24.8 Å². The van der Waals surface area contributed by atoms with Crippen LogP contribution in [0.5, 0.6) is 0 Å². The van der Waals surface area contributed by atoms with E-state index in [2.05, 4.69) is 15.5 Å². The maximum absolute atomic E-state index is 12.4. The van der Waals surface area contributed by atoms with E-state index in [0.717, 1.165) is 53.5 Å². The molecule has 2 amide bonds. The predicted molar refractivity (Wildman–Crippen MR) is 82.3 cm³/mol. The molecule has 2 N–H and O–H groups in total. The summed E-state index contributed by atoms with van der Waals surface area (Å²) in [6.45, 7) is 3.84. The van der Waals surface area contributed by atoms with Crippen molar-refractivity contribution in [3.8, 4) is 0 Å². The monoisotopic (exact) mass is 284 g/mol. The van der Waals surface area contributed by atoms with Crippen molar-refractivity contribution in [2.45, 2.75) is 26.2 Å². The van der Waals surface area contributed by atoms with Crippen molar-refractivity contribution in [2.24, 2.45) is 11.8 Å². The first kappa shape index (κ1) is 12.7. The number of nitrogens with one attached hydrogen (secondary N) is 2. The van der Waals surface area contributed by atoms with Crippen molar-refractivity contribution in [3.63, 3.8) is 0 Å². The second kappa shape index (κ2) is 4.76. The second-order valence-electron chi connectivity index (χ2n) is 6.35. The van der Waals surface area contributed by atoms with E-state index < -0.39 is 0 Å². The molecule has 2 aliphatic rings. The fourth-order valence-electron chi connectivity index (χ4n) is 3.39. The molecular weight excluding hydrogens is 264 g/mol. The van der Waals surface area contributed by atoms with Crippen LogP contribution in [0.2, 0.25) is 0 Å². The molecule has 0 spiro atoms. The number of aryl methyl sites for hydroxylation is 1. The first-order valence-electron chi connectivity index (χ1n) is 7.71. The third-order valence-electron chi connectivity index (χ3n) is 4.88. The van der Waals surface area contributed by atoms with Gasteiger partial charge >= 0.3 is 6.03 Å². The van der Waals surface area contributed by atoms with Gasteiger partial charge in [0.25, 0.3) is 0 Å². The average molecular weight is 284 g/mol. The number of anilines is 1. The first-order valence-corrected chi connectivity index (χ1v) is 7.71. The molecule has 0 bridgehead atoms. The molecule has 1 aromatic carbocycles. The molecule has 5 nitrogen and oxygen atoms in total. The third kappa shape index (κ3) is 2.26. The molecule has 1 aromatic heterocycles. The Morgan fingerprint density at radius 3 is 3.00 bits per heavy atom. The zero-order valence-electron chi connectivity index (χ0n) is 12.2. The topological polar surface area (TPSA) is 61.0 Å². The summed E-state index contributed by atoms with van der Waals surface area (Å²) in [6, 6.07) is 3.98. The maximum atomic E-state index is 12.4. The van der Waals surface area contributed by atoms with Crippen LogP contribution in [0.15, 0.2) is 18.3 Å². The largest absolute Gasteiger partial charge is 0.324 e. The zero-order valence-corrected chi connectivity index (χ0v) is 12.2. The van der Waals surface area contributed by atoms with Crippen molar-refractivity contribution >= 4 is 22.6 Å². The van der Waals surface area contributed by atoms with Crippen LogP contribution in [0.3, 0.4) is 0 Å². The van der Waals surface area contributed by atoms with Gasteiger partial charge in [-0.05, 0) is 49.7 Å². The van der Waals surface area contributed by atoms with Crippen LogP contribution in [0.4, 0.5) is 10.5 Å². The number of urea groups is 1. The predicted octanol–water partition coefficient (Wildman–Crippen LogP) is 3.14. The molecule has 2 aromatic rings.